The van der Waals surface area contributed by atoms with Crippen molar-refractivity contribution < 1.29 is 0 Å². The lowest BCUT2D eigenvalue weighted by Gasteiger charge is -2.06. The second kappa shape index (κ2) is 4.85. The average molecular weight is 268 g/mol. The number of aromatic nitrogens is 3. The van der Waals surface area contributed by atoms with Crippen molar-refractivity contribution in [2.75, 3.05) is 5.32 Å². The summed E-state index contributed by atoms with van der Waals surface area (Å²) in [6, 6.07) is 9.74. The highest BCUT2D eigenvalue weighted by Gasteiger charge is 2.04. The van der Waals surface area contributed by atoms with Gasteiger partial charge in [0.05, 0.1) is 11.9 Å². The van der Waals surface area contributed by atoms with E-state index in [0.29, 0.717) is 17.2 Å². The smallest absolute Gasteiger partial charge is 0.257 e. The predicted molar refractivity (Wildman–Crippen MR) is 80.5 cm³/mol. The molecule has 0 saturated heterocycles. The zero-order valence-electron chi connectivity index (χ0n) is 11.4. The Kier molecular flexibility index (Phi) is 3.02. The Hall–Kier alpha value is -2.56. The van der Waals surface area contributed by atoms with Gasteiger partial charge >= 0.3 is 0 Å². The Morgan fingerprint density at radius 2 is 2.10 bits per heavy atom. The number of pyridine rings is 1. The van der Waals surface area contributed by atoms with Gasteiger partial charge in [0.2, 0.25) is 0 Å². The molecule has 0 saturated carbocycles. The fourth-order valence-electron chi connectivity index (χ4n) is 2.12. The third-order valence-corrected chi connectivity index (χ3v) is 3.16. The molecule has 1 aromatic carbocycles. The monoisotopic (exact) mass is 268 g/mol. The van der Waals surface area contributed by atoms with Gasteiger partial charge in [0.25, 0.3) is 5.56 Å². The molecule has 5 nitrogen and oxygen atoms in total. The van der Waals surface area contributed by atoms with Crippen molar-refractivity contribution in [3.05, 3.63) is 53.1 Å². The molecule has 20 heavy (non-hydrogen) atoms. The number of rotatable bonds is 3. The highest BCUT2D eigenvalue weighted by atomic mass is 16.1. The molecule has 102 valence electrons. The molecule has 0 amide bonds. The van der Waals surface area contributed by atoms with E-state index < -0.39 is 0 Å². The molecule has 2 heterocycles. The molecule has 2 aromatic heterocycles. The van der Waals surface area contributed by atoms with Crippen LogP contribution in [0.4, 0.5) is 11.5 Å². The zero-order chi connectivity index (χ0) is 14.1. The second-order valence-corrected chi connectivity index (χ2v) is 5.03. The summed E-state index contributed by atoms with van der Waals surface area (Å²) in [5, 5.41) is 9.03. The fourth-order valence-corrected chi connectivity index (χ4v) is 2.12. The minimum absolute atomic E-state index is 0.0955. The largest absolute Gasteiger partial charge is 0.339 e. The van der Waals surface area contributed by atoms with Crippen LogP contribution in [-0.2, 0) is 0 Å². The van der Waals surface area contributed by atoms with Crippen LogP contribution in [0.3, 0.4) is 0 Å². The third kappa shape index (κ3) is 2.30. The van der Waals surface area contributed by atoms with Crippen LogP contribution in [0.25, 0.3) is 10.8 Å². The molecule has 0 fully saturated rings. The van der Waals surface area contributed by atoms with E-state index >= 15 is 0 Å². The van der Waals surface area contributed by atoms with Gasteiger partial charge in [-0.25, -0.2) is 0 Å². The summed E-state index contributed by atoms with van der Waals surface area (Å²) in [5.41, 5.74) is 0.756. The van der Waals surface area contributed by atoms with Crippen LogP contribution in [0.1, 0.15) is 19.9 Å². The summed E-state index contributed by atoms with van der Waals surface area (Å²) < 4.78 is 1.86. The van der Waals surface area contributed by atoms with Crippen molar-refractivity contribution in [2.24, 2.45) is 0 Å². The standard InChI is InChI=1S/C15H16N4O/c1-10(2)19-9-12(8-16-19)17-14-7-11-5-3-4-6-13(11)15(20)18-14/h3-10H,1-2H3,(H2,17,18,20). The van der Waals surface area contributed by atoms with Gasteiger partial charge < -0.3 is 10.3 Å². The first kappa shape index (κ1) is 12.5. The van der Waals surface area contributed by atoms with E-state index in [2.05, 4.69) is 29.2 Å². The number of benzene rings is 1. The van der Waals surface area contributed by atoms with Gasteiger partial charge in [-0.3, -0.25) is 9.48 Å². The van der Waals surface area contributed by atoms with Crippen LogP contribution in [-0.4, -0.2) is 14.8 Å². The van der Waals surface area contributed by atoms with Gasteiger partial charge in [-0.1, -0.05) is 18.2 Å². The van der Waals surface area contributed by atoms with Crippen molar-refractivity contribution in [2.45, 2.75) is 19.9 Å². The number of nitrogens with zero attached hydrogens (tertiary/aromatic N) is 2. The van der Waals surface area contributed by atoms with Crippen molar-refractivity contribution in [1.82, 2.24) is 14.8 Å². The number of hydrogen-bond acceptors (Lipinski definition) is 3. The van der Waals surface area contributed by atoms with Gasteiger partial charge in [-0.2, -0.15) is 5.10 Å². The molecule has 5 heteroatoms. The topological polar surface area (TPSA) is 62.7 Å². The van der Waals surface area contributed by atoms with Crippen LogP contribution < -0.4 is 10.9 Å². The Bertz CT molecular complexity index is 801. The third-order valence-electron chi connectivity index (χ3n) is 3.16. The molecule has 0 radical (unpaired) electrons. The molecule has 0 bridgehead atoms. The molecular formula is C15H16N4O. The van der Waals surface area contributed by atoms with Crippen molar-refractivity contribution in [1.29, 1.82) is 0 Å². The Morgan fingerprint density at radius 3 is 2.85 bits per heavy atom. The van der Waals surface area contributed by atoms with Crippen LogP contribution in [0.2, 0.25) is 0 Å². The first-order chi connectivity index (χ1) is 9.63. The number of nitrogens with one attached hydrogen (secondary N) is 2. The molecule has 0 unspecified atom stereocenters. The number of anilines is 2. The van der Waals surface area contributed by atoms with Gasteiger partial charge in [0.15, 0.2) is 0 Å². The Balaban J connectivity index is 1.96. The van der Waals surface area contributed by atoms with E-state index in [0.717, 1.165) is 11.1 Å². The summed E-state index contributed by atoms with van der Waals surface area (Å²) in [4.78, 5) is 14.8. The lowest BCUT2D eigenvalue weighted by Crippen LogP contribution is -2.08. The number of fused-ring (bicyclic) bond motifs is 1. The lowest BCUT2D eigenvalue weighted by atomic mass is 10.2. The van der Waals surface area contributed by atoms with Crippen molar-refractivity contribution in [3.63, 3.8) is 0 Å². The van der Waals surface area contributed by atoms with E-state index in [1.807, 2.05) is 41.2 Å². The van der Waals surface area contributed by atoms with E-state index in [9.17, 15) is 4.79 Å². The molecule has 0 spiro atoms. The van der Waals surface area contributed by atoms with Crippen LogP contribution in [0, 0.1) is 0 Å². The average Bonchev–Trinajstić information content (AvgIpc) is 2.87. The summed E-state index contributed by atoms with van der Waals surface area (Å²) in [6.07, 6.45) is 3.66. The number of H-pyrrole nitrogens is 1. The van der Waals surface area contributed by atoms with Gasteiger partial charge in [-0.15, -0.1) is 0 Å². The highest BCUT2D eigenvalue weighted by molar-refractivity contribution is 5.84. The maximum absolute atomic E-state index is 12.0. The highest BCUT2D eigenvalue weighted by Crippen LogP contribution is 2.18. The zero-order valence-corrected chi connectivity index (χ0v) is 11.4. The van der Waals surface area contributed by atoms with Crippen LogP contribution >= 0.6 is 0 Å². The van der Waals surface area contributed by atoms with E-state index in [1.165, 1.54) is 0 Å². The van der Waals surface area contributed by atoms with Crippen molar-refractivity contribution >= 4 is 22.3 Å². The molecule has 0 atom stereocenters. The maximum Gasteiger partial charge on any atom is 0.257 e. The van der Waals surface area contributed by atoms with E-state index in [-0.39, 0.29) is 5.56 Å². The fraction of sp³-hybridized carbons (Fsp3) is 0.200. The van der Waals surface area contributed by atoms with Crippen molar-refractivity contribution in [3.8, 4) is 0 Å². The molecule has 0 aliphatic rings. The van der Waals surface area contributed by atoms with Gasteiger partial charge in [0.1, 0.15) is 5.82 Å². The Labute approximate surface area is 116 Å². The first-order valence-corrected chi connectivity index (χ1v) is 6.57. The van der Waals surface area contributed by atoms with E-state index in [4.69, 9.17) is 0 Å². The molecule has 0 aliphatic carbocycles. The first-order valence-electron chi connectivity index (χ1n) is 6.57. The summed E-state index contributed by atoms with van der Waals surface area (Å²) in [7, 11) is 0. The minimum Gasteiger partial charge on any atom is -0.339 e. The van der Waals surface area contributed by atoms with Crippen LogP contribution in [0.5, 0.6) is 0 Å². The Morgan fingerprint density at radius 1 is 1.30 bits per heavy atom. The summed E-state index contributed by atoms with van der Waals surface area (Å²) in [6.45, 7) is 4.13. The van der Waals surface area contributed by atoms with Gasteiger partial charge in [0, 0.05) is 17.6 Å². The minimum atomic E-state index is -0.0955. The molecule has 3 rings (SSSR count). The van der Waals surface area contributed by atoms with E-state index in [1.54, 1.807) is 6.20 Å². The number of aromatic amines is 1. The molecule has 2 N–H and O–H groups in total. The normalized spacial score (nSPS) is 11.2. The summed E-state index contributed by atoms with van der Waals surface area (Å²) in [5.74, 6) is 0.664. The SMILES string of the molecule is CC(C)n1cc(Nc2cc3ccccc3c(=O)[nH]2)cn1. The number of hydrogen-bond donors (Lipinski definition) is 2. The lowest BCUT2D eigenvalue weighted by molar-refractivity contribution is 0.532. The molecule has 0 aliphatic heterocycles. The summed E-state index contributed by atoms with van der Waals surface area (Å²) >= 11 is 0. The molecule has 3 aromatic rings. The molecular weight excluding hydrogens is 252 g/mol. The predicted octanol–water partition coefficient (Wildman–Crippen LogP) is 3.05. The second-order valence-electron chi connectivity index (χ2n) is 5.03. The maximum atomic E-state index is 12.0. The quantitative estimate of drug-likeness (QED) is 0.767. The van der Waals surface area contributed by atoms with Gasteiger partial charge in [-0.05, 0) is 31.4 Å². The van der Waals surface area contributed by atoms with Crippen LogP contribution in [0.15, 0.2) is 47.5 Å².